The number of nitrogens with one attached hydrogen (secondary N) is 1. The molecule has 1 aliphatic rings. The molecule has 4 heteroatoms. The summed E-state index contributed by atoms with van der Waals surface area (Å²) in [7, 11) is 0. The zero-order valence-electron chi connectivity index (χ0n) is 8.79. The summed E-state index contributed by atoms with van der Waals surface area (Å²) >= 11 is 5.76. The molecule has 0 saturated carbocycles. The van der Waals surface area contributed by atoms with Crippen LogP contribution in [0.15, 0.2) is 12.3 Å². The van der Waals surface area contributed by atoms with E-state index >= 15 is 0 Å². The van der Waals surface area contributed by atoms with Crippen molar-refractivity contribution in [2.75, 3.05) is 13.1 Å². The molecule has 0 aliphatic carbocycles. The summed E-state index contributed by atoms with van der Waals surface area (Å²) < 4.78 is 0. The van der Waals surface area contributed by atoms with E-state index < -0.39 is 0 Å². The zero-order chi connectivity index (χ0) is 10.8. The van der Waals surface area contributed by atoms with Crippen LogP contribution < -0.4 is 0 Å². The van der Waals surface area contributed by atoms with Gasteiger partial charge in [-0.3, -0.25) is 4.79 Å². The molecular weight excluding hydrogens is 212 g/mol. The highest BCUT2D eigenvalue weighted by molar-refractivity contribution is 6.30. The Morgan fingerprint density at radius 3 is 2.73 bits per heavy atom. The SMILES string of the molecule is CC1CCN(C(=O)c2cc(Cl)c[nH]2)CC1. The first-order valence-electron chi connectivity index (χ1n) is 5.30. The number of aromatic nitrogens is 1. The number of halogens is 1. The van der Waals surface area contributed by atoms with Crippen molar-refractivity contribution in [1.29, 1.82) is 0 Å². The highest BCUT2D eigenvalue weighted by Gasteiger charge is 2.22. The van der Waals surface area contributed by atoms with E-state index in [-0.39, 0.29) is 5.91 Å². The average molecular weight is 227 g/mol. The Morgan fingerprint density at radius 1 is 1.53 bits per heavy atom. The number of amides is 1. The van der Waals surface area contributed by atoms with Gasteiger partial charge in [-0.15, -0.1) is 0 Å². The van der Waals surface area contributed by atoms with Crippen LogP contribution in [-0.2, 0) is 0 Å². The summed E-state index contributed by atoms with van der Waals surface area (Å²) in [6, 6.07) is 1.68. The van der Waals surface area contributed by atoms with Gasteiger partial charge in [-0.25, -0.2) is 0 Å². The van der Waals surface area contributed by atoms with E-state index in [4.69, 9.17) is 11.6 Å². The van der Waals surface area contributed by atoms with Crippen molar-refractivity contribution >= 4 is 17.5 Å². The molecule has 1 aromatic rings. The lowest BCUT2D eigenvalue weighted by Crippen LogP contribution is -2.38. The van der Waals surface area contributed by atoms with Gasteiger partial charge >= 0.3 is 0 Å². The lowest BCUT2D eigenvalue weighted by atomic mass is 9.99. The first-order chi connectivity index (χ1) is 7.16. The average Bonchev–Trinajstić information content (AvgIpc) is 2.65. The van der Waals surface area contributed by atoms with Crippen molar-refractivity contribution in [3.05, 3.63) is 23.0 Å². The fourth-order valence-electron chi connectivity index (χ4n) is 1.87. The molecule has 0 aromatic carbocycles. The molecule has 0 radical (unpaired) electrons. The minimum atomic E-state index is 0.0637. The van der Waals surface area contributed by atoms with Gasteiger partial charge in [0.2, 0.25) is 0 Å². The Morgan fingerprint density at radius 2 is 2.20 bits per heavy atom. The number of likely N-dealkylation sites (tertiary alicyclic amines) is 1. The van der Waals surface area contributed by atoms with Crippen LogP contribution in [0.3, 0.4) is 0 Å². The van der Waals surface area contributed by atoms with E-state index in [1.165, 1.54) is 0 Å². The largest absolute Gasteiger partial charge is 0.356 e. The molecule has 0 bridgehead atoms. The van der Waals surface area contributed by atoms with Crippen molar-refractivity contribution < 1.29 is 4.79 Å². The van der Waals surface area contributed by atoms with Crippen molar-refractivity contribution in [2.24, 2.45) is 5.92 Å². The number of piperidine rings is 1. The number of hydrogen-bond acceptors (Lipinski definition) is 1. The first-order valence-corrected chi connectivity index (χ1v) is 5.68. The summed E-state index contributed by atoms with van der Waals surface area (Å²) in [6.07, 6.45) is 3.84. The number of H-pyrrole nitrogens is 1. The minimum absolute atomic E-state index is 0.0637. The van der Waals surface area contributed by atoms with Crippen LogP contribution in [0, 0.1) is 5.92 Å². The molecule has 1 saturated heterocycles. The molecule has 0 atom stereocenters. The van der Waals surface area contributed by atoms with Crippen molar-refractivity contribution in [3.63, 3.8) is 0 Å². The number of nitrogens with zero attached hydrogens (tertiary/aromatic N) is 1. The van der Waals surface area contributed by atoms with Gasteiger partial charge < -0.3 is 9.88 Å². The van der Waals surface area contributed by atoms with Crippen LogP contribution in [0.25, 0.3) is 0 Å². The van der Waals surface area contributed by atoms with Gasteiger partial charge in [0.25, 0.3) is 5.91 Å². The Kier molecular flexibility index (Phi) is 3.00. The minimum Gasteiger partial charge on any atom is -0.356 e. The van der Waals surface area contributed by atoms with Crippen molar-refractivity contribution in [3.8, 4) is 0 Å². The lowest BCUT2D eigenvalue weighted by Gasteiger charge is -2.29. The number of rotatable bonds is 1. The second kappa shape index (κ2) is 4.27. The Hall–Kier alpha value is -0.960. The highest BCUT2D eigenvalue weighted by Crippen LogP contribution is 2.18. The number of carbonyl (C=O) groups is 1. The van der Waals surface area contributed by atoms with Crippen LogP contribution in [-0.4, -0.2) is 28.9 Å². The van der Waals surface area contributed by atoms with Gasteiger partial charge in [0.1, 0.15) is 5.69 Å². The lowest BCUT2D eigenvalue weighted by molar-refractivity contribution is 0.0692. The maximum absolute atomic E-state index is 12.0. The number of carbonyl (C=O) groups excluding carboxylic acids is 1. The predicted molar refractivity (Wildman–Crippen MR) is 60.1 cm³/mol. The molecule has 82 valence electrons. The second-order valence-corrected chi connectivity index (χ2v) is 4.64. The molecular formula is C11H15ClN2O. The van der Waals surface area contributed by atoms with Crippen LogP contribution >= 0.6 is 11.6 Å². The third-order valence-electron chi connectivity index (χ3n) is 2.95. The van der Waals surface area contributed by atoms with Gasteiger partial charge in [-0.05, 0) is 24.8 Å². The van der Waals surface area contributed by atoms with Crippen LogP contribution in [0.5, 0.6) is 0 Å². The topological polar surface area (TPSA) is 36.1 Å². The van der Waals surface area contributed by atoms with E-state index in [1.54, 1.807) is 12.3 Å². The van der Waals surface area contributed by atoms with E-state index in [9.17, 15) is 4.79 Å². The summed E-state index contributed by atoms with van der Waals surface area (Å²) in [5.41, 5.74) is 0.592. The van der Waals surface area contributed by atoms with Gasteiger partial charge in [0, 0.05) is 19.3 Å². The fourth-order valence-corrected chi connectivity index (χ4v) is 2.04. The van der Waals surface area contributed by atoms with E-state index in [0.717, 1.165) is 31.8 Å². The number of aromatic amines is 1. The Balaban J connectivity index is 2.02. The predicted octanol–water partition coefficient (Wildman–Crippen LogP) is 2.54. The quantitative estimate of drug-likeness (QED) is 0.785. The molecule has 1 amide bonds. The molecule has 3 nitrogen and oxygen atoms in total. The summed E-state index contributed by atoms with van der Waals surface area (Å²) in [5.74, 6) is 0.801. The molecule has 0 spiro atoms. The normalized spacial score (nSPS) is 18.1. The molecule has 1 fully saturated rings. The highest BCUT2D eigenvalue weighted by atomic mass is 35.5. The molecule has 2 rings (SSSR count). The van der Waals surface area contributed by atoms with E-state index in [0.29, 0.717) is 10.7 Å². The summed E-state index contributed by atoms with van der Waals surface area (Å²) in [6.45, 7) is 3.95. The molecule has 1 aliphatic heterocycles. The van der Waals surface area contributed by atoms with Gasteiger partial charge in [-0.2, -0.15) is 0 Å². The Labute approximate surface area is 94.4 Å². The second-order valence-electron chi connectivity index (χ2n) is 4.21. The van der Waals surface area contributed by atoms with Crippen LogP contribution in [0.4, 0.5) is 0 Å². The van der Waals surface area contributed by atoms with Crippen LogP contribution in [0.2, 0.25) is 5.02 Å². The molecule has 15 heavy (non-hydrogen) atoms. The van der Waals surface area contributed by atoms with E-state index in [2.05, 4.69) is 11.9 Å². The van der Waals surface area contributed by atoms with E-state index in [1.807, 2.05) is 4.90 Å². The van der Waals surface area contributed by atoms with Crippen molar-refractivity contribution in [1.82, 2.24) is 9.88 Å². The molecule has 1 aromatic heterocycles. The first kappa shape index (κ1) is 10.6. The third-order valence-corrected chi connectivity index (χ3v) is 3.17. The summed E-state index contributed by atoms with van der Waals surface area (Å²) in [4.78, 5) is 16.7. The van der Waals surface area contributed by atoms with Gasteiger partial charge in [0.05, 0.1) is 5.02 Å². The fraction of sp³-hybridized carbons (Fsp3) is 0.545. The van der Waals surface area contributed by atoms with Crippen LogP contribution in [0.1, 0.15) is 30.3 Å². The number of hydrogen-bond donors (Lipinski definition) is 1. The zero-order valence-corrected chi connectivity index (χ0v) is 9.55. The summed E-state index contributed by atoms with van der Waals surface area (Å²) in [5, 5.41) is 0.587. The third kappa shape index (κ3) is 2.34. The monoisotopic (exact) mass is 226 g/mol. The van der Waals surface area contributed by atoms with Gasteiger partial charge in [0.15, 0.2) is 0 Å². The standard InChI is InChI=1S/C11H15ClN2O/c1-8-2-4-14(5-3-8)11(15)10-6-9(12)7-13-10/h6-8,13H,2-5H2,1H3. The maximum atomic E-state index is 12.0. The molecule has 0 unspecified atom stereocenters. The molecule has 2 heterocycles. The maximum Gasteiger partial charge on any atom is 0.270 e. The van der Waals surface area contributed by atoms with Crippen molar-refractivity contribution in [2.45, 2.75) is 19.8 Å². The Bertz CT molecular complexity index is 353. The van der Waals surface area contributed by atoms with Gasteiger partial charge in [-0.1, -0.05) is 18.5 Å². The molecule has 1 N–H and O–H groups in total. The smallest absolute Gasteiger partial charge is 0.270 e.